The van der Waals surface area contributed by atoms with Gasteiger partial charge in [0.05, 0.1) is 0 Å². The van der Waals surface area contributed by atoms with Gasteiger partial charge in [0.15, 0.2) is 0 Å². The minimum atomic E-state index is 0. The molecule has 0 saturated carbocycles. The van der Waals surface area contributed by atoms with E-state index in [9.17, 15) is 0 Å². The Balaban J connectivity index is 0.00000144. The zero-order valence-electron chi connectivity index (χ0n) is 10.3. The molecule has 0 saturated heterocycles. The van der Waals surface area contributed by atoms with Crippen molar-refractivity contribution in [1.29, 1.82) is 0 Å². The SMILES string of the molecule is Cc1ccc(C=N[CH-]c2ccccc2)cc1.[Li+]. The van der Waals surface area contributed by atoms with Gasteiger partial charge in [0.25, 0.3) is 0 Å². The van der Waals surface area contributed by atoms with Crippen LogP contribution >= 0.6 is 0 Å². The molecule has 0 aliphatic carbocycles. The molecule has 2 rings (SSSR count). The largest absolute Gasteiger partial charge is 1.00 e. The maximum Gasteiger partial charge on any atom is 1.00 e. The first kappa shape index (κ1) is 13.6. The predicted molar refractivity (Wildman–Crippen MR) is 68.6 cm³/mol. The quantitative estimate of drug-likeness (QED) is 0.404. The molecule has 2 aromatic carbocycles. The van der Waals surface area contributed by atoms with E-state index in [2.05, 4.69) is 36.2 Å². The zero-order chi connectivity index (χ0) is 11.2. The Morgan fingerprint density at radius 1 is 0.941 bits per heavy atom. The van der Waals surface area contributed by atoms with Crippen LogP contribution in [-0.2, 0) is 0 Å². The van der Waals surface area contributed by atoms with Crippen LogP contribution in [0, 0.1) is 13.5 Å². The topological polar surface area (TPSA) is 12.4 Å². The molecule has 17 heavy (non-hydrogen) atoms. The first-order valence-electron chi connectivity index (χ1n) is 5.33. The van der Waals surface area contributed by atoms with Gasteiger partial charge < -0.3 is 4.99 Å². The zero-order valence-corrected chi connectivity index (χ0v) is 10.3. The third-order valence-electron chi connectivity index (χ3n) is 2.32. The molecule has 2 aromatic rings. The van der Waals surface area contributed by atoms with Gasteiger partial charge >= 0.3 is 18.9 Å². The molecule has 80 valence electrons. The number of aryl methyl sites for hydroxylation is 1. The monoisotopic (exact) mass is 215 g/mol. The summed E-state index contributed by atoms with van der Waals surface area (Å²) in [5.74, 6) is 0. The second-order valence-corrected chi connectivity index (χ2v) is 3.73. The van der Waals surface area contributed by atoms with Crippen LogP contribution in [0.2, 0.25) is 0 Å². The van der Waals surface area contributed by atoms with Crippen molar-refractivity contribution < 1.29 is 18.9 Å². The Morgan fingerprint density at radius 2 is 1.59 bits per heavy atom. The molecule has 0 atom stereocenters. The summed E-state index contributed by atoms with van der Waals surface area (Å²) in [6.45, 7) is 3.94. The molecule has 0 fully saturated rings. The molecule has 0 heterocycles. The molecular formula is C15H14LiN. The second-order valence-electron chi connectivity index (χ2n) is 3.73. The van der Waals surface area contributed by atoms with Crippen molar-refractivity contribution >= 4 is 6.21 Å². The maximum absolute atomic E-state index is 4.29. The summed E-state index contributed by atoms with van der Waals surface area (Å²) in [6.07, 6.45) is 1.87. The fourth-order valence-electron chi connectivity index (χ4n) is 1.40. The van der Waals surface area contributed by atoms with Crippen LogP contribution in [0.1, 0.15) is 16.7 Å². The Morgan fingerprint density at radius 3 is 2.24 bits per heavy atom. The molecule has 0 N–H and O–H groups in total. The summed E-state index contributed by atoms with van der Waals surface area (Å²) >= 11 is 0. The molecule has 0 radical (unpaired) electrons. The van der Waals surface area contributed by atoms with E-state index in [4.69, 9.17) is 0 Å². The van der Waals surface area contributed by atoms with E-state index >= 15 is 0 Å². The number of hydrogen-bond acceptors (Lipinski definition) is 1. The molecule has 0 bridgehead atoms. The smallest absolute Gasteiger partial charge is 0.358 e. The molecule has 0 aliphatic rings. The molecule has 0 aliphatic heterocycles. The average molecular weight is 215 g/mol. The summed E-state index contributed by atoms with van der Waals surface area (Å²) in [7, 11) is 0. The van der Waals surface area contributed by atoms with Gasteiger partial charge in [0.1, 0.15) is 0 Å². The predicted octanol–water partition coefficient (Wildman–Crippen LogP) is 0.628. The summed E-state index contributed by atoms with van der Waals surface area (Å²) in [5.41, 5.74) is 3.51. The van der Waals surface area contributed by atoms with Gasteiger partial charge in [-0.2, -0.15) is 0 Å². The van der Waals surface area contributed by atoms with Crippen LogP contribution in [0.5, 0.6) is 0 Å². The number of nitrogens with zero attached hydrogens (tertiary/aromatic N) is 1. The standard InChI is InChI=1S/C15H14N.Li/c1-13-7-9-15(10-8-13)12-16-11-14-5-3-2-4-6-14;/h2-12H,1H3;/q-1;+1. The van der Waals surface area contributed by atoms with E-state index in [1.165, 1.54) is 5.56 Å². The summed E-state index contributed by atoms with van der Waals surface area (Å²) < 4.78 is 0. The maximum atomic E-state index is 4.29. The fraction of sp³-hybridized carbons (Fsp3) is 0.0667. The van der Waals surface area contributed by atoms with Crippen molar-refractivity contribution in [1.82, 2.24) is 0 Å². The average Bonchev–Trinajstić information content (AvgIpc) is 2.33. The summed E-state index contributed by atoms with van der Waals surface area (Å²) in [6, 6.07) is 18.4. The minimum Gasteiger partial charge on any atom is -0.358 e. The normalized spacial score (nSPS) is 9.94. The van der Waals surface area contributed by atoms with Crippen LogP contribution in [0.25, 0.3) is 0 Å². The first-order chi connectivity index (χ1) is 7.84. The van der Waals surface area contributed by atoms with Crippen LogP contribution in [0.15, 0.2) is 59.6 Å². The van der Waals surface area contributed by atoms with E-state index < -0.39 is 0 Å². The Bertz CT molecular complexity index is 460. The Hall–Kier alpha value is -1.42. The molecule has 0 unspecified atom stereocenters. The van der Waals surface area contributed by atoms with Crippen molar-refractivity contribution in [2.75, 3.05) is 0 Å². The third kappa shape index (κ3) is 4.52. The van der Waals surface area contributed by atoms with Crippen molar-refractivity contribution in [3.05, 3.63) is 77.8 Å². The van der Waals surface area contributed by atoms with E-state index in [1.807, 2.05) is 43.1 Å². The van der Waals surface area contributed by atoms with Crippen LogP contribution in [-0.4, -0.2) is 6.21 Å². The van der Waals surface area contributed by atoms with Gasteiger partial charge in [-0.05, 0) is 18.7 Å². The number of rotatable bonds is 3. The van der Waals surface area contributed by atoms with Gasteiger partial charge in [0, 0.05) is 0 Å². The van der Waals surface area contributed by atoms with Gasteiger partial charge in [-0.1, -0.05) is 42.4 Å². The second kappa shape index (κ2) is 7.01. The molecule has 2 heteroatoms. The van der Waals surface area contributed by atoms with E-state index in [0.717, 1.165) is 11.1 Å². The van der Waals surface area contributed by atoms with Crippen molar-refractivity contribution in [2.24, 2.45) is 4.99 Å². The third-order valence-corrected chi connectivity index (χ3v) is 2.32. The number of benzene rings is 2. The van der Waals surface area contributed by atoms with Gasteiger partial charge in [0.2, 0.25) is 0 Å². The Labute approximate surface area is 115 Å². The molecule has 0 spiro atoms. The summed E-state index contributed by atoms with van der Waals surface area (Å²) in [4.78, 5) is 4.29. The summed E-state index contributed by atoms with van der Waals surface area (Å²) in [5, 5.41) is 0. The minimum absolute atomic E-state index is 0. The van der Waals surface area contributed by atoms with Crippen molar-refractivity contribution in [3.63, 3.8) is 0 Å². The fourth-order valence-corrected chi connectivity index (χ4v) is 1.40. The number of aliphatic imine (C=N–C) groups is 1. The first-order valence-corrected chi connectivity index (χ1v) is 5.33. The molecule has 1 nitrogen and oxygen atoms in total. The van der Waals surface area contributed by atoms with Gasteiger partial charge in [-0.15, -0.1) is 29.8 Å². The van der Waals surface area contributed by atoms with Gasteiger partial charge in [-0.3, -0.25) is 0 Å². The molecule has 0 aromatic heterocycles. The van der Waals surface area contributed by atoms with E-state index in [-0.39, 0.29) is 18.9 Å². The van der Waals surface area contributed by atoms with E-state index in [1.54, 1.807) is 0 Å². The Kier molecular flexibility index (Phi) is 5.63. The van der Waals surface area contributed by atoms with Crippen LogP contribution in [0.3, 0.4) is 0 Å². The van der Waals surface area contributed by atoms with Crippen LogP contribution < -0.4 is 18.9 Å². The van der Waals surface area contributed by atoms with E-state index in [0.29, 0.717) is 0 Å². The van der Waals surface area contributed by atoms with Crippen molar-refractivity contribution in [2.45, 2.75) is 6.92 Å². The molecular weight excluding hydrogens is 201 g/mol. The molecule has 0 amide bonds. The number of hydrogen-bond donors (Lipinski definition) is 0. The van der Waals surface area contributed by atoms with Crippen LogP contribution in [0.4, 0.5) is 0 Å². The van der Waals surface area contributed by atoms with Crippen molar-refractivity contribution in [3.8, 4) is 0 Å². The van der Waals surface area contributed by atoms with Gasteiger partial charge in [-0.25, -0.2) is 0 Å².